The Kier molecular flexibility index (Phi) is 4.85. The van der Waals surface area contributed by atoms with Crippen molar-refractivity contribution in [2.24, 2.45) is 7.05 Å². The summed E-state index contributed by atoms with van der Waals surface area (Å²) in [7, 11) is 1.80. The lowest BCUT2D eigenvalue weighted by Crippen LogP contribution is -2.31. The zero-order chi connectivity index (χ0) is 21.4. The Labute approximate surface area is 177 Å². The first-order chi connectivity index (χ1) is 15.0. The molecular weight excluding hydrogens is 401 g/mol. The van der Waals surface area contributed by atoms with Gasteiger partial charge >= 0.3 is 0 Å². The van der Waals surface area contributed by atoms with E-state index >= 15 is 0 Å². The second kappa shape index (κ2) is 7.69. The maximum atomic E-state index is 14.4. The molecule has 1 aromatic carbocycles. The molecule has 31 heavy (non-hydrogen) atoms. The highest BCUT2D eigenvalue weighted by molar-refractivity contribution is 5.60. The van der Waals surface area contributed by atoms with Crippen LogP contribution < -0.4 is 4.74 Å². The van der Waals surface area contributed by atoms with Crippen molar-refractivity contribution in [2.45, 2.75) is 31.8 Å². The van der Waals surface area contributed by atoms with Gasteiger partial charge in [-0.25, -0.2) is 9.37 Å². The molecule has 4 aromatic rings. The molecule has 1 saturated heterocycles. The number of ether oxygens (including phenoxy) is 2. The molecular formula is C21H22FN7O2. The van der Waals surface area contributed by atoms with Crippen LogP contribution in [-0.2, 0) is 23.8 Å². The zero-order valence-electron chi connectivity index (χ0n) is 17.3. The summed E-state index contributed by atoms with van der Waals surface area (Å²) < 4.78 is 29.3. The van der Waals surface area contributed by atoms with Crippen LogP contribution >= 0.6 is 0 Å². The minimum absolute atomic E-state index is 0.188. The molecule has 0 amide bonds. The van der Waals surface area contributed by atoms with Gasteiger partial charge in [0.25, 0.3) is 0 Å². The van der Waals surface area contributed by atoms with Gasteiger partial charge in [0.1, 0.15) is 18.8 Å². The standard InChI is InChI=1S/C21H22FN7O2/c1-21(7-9-30-10-8-21)15-11-17-25-26-19(14-5-3-4-6-16(14)22)29(17)27-20(15)31-12-18-23-13-24-28(18)2/h3-6,11,13H,7-10,12H2,1-2H3. The normalized spacial score (nSPS) is 16.0. The van der Waals surface area contributed by atoms with E-state index in [0.29, 0.717) is 42.0 Å². The lowest BCUT2D eigenvalue weighted by Gasteiger charge is -2.34. The predicted octanol–water partition coefficient (Wildman–Crippen LogP) is 2.71. The minimum Gasteiger partial charge on any atom is -0.468 e. The van der Waals surface area contributed by atoms with Crippen LogP contribution in [0.2, 0.25) is 0 Å². The first-order valence-corrected chi connectivity index (χ1v) is 10.1. The molecule has 1 aliphatic rings. The third-order valence-corrected chi connectivity index (χ3v) is 5.86. The number of fused-ring (bicyclic) bond motifs is 1. The highest BCUT2D eigenvalue weighted by Crippen LogP contribution is 2.39. The van der Waals surface area contributed by atoms with E-state index in [0.717, 1.165) is 18.4 Å². The Bertz CT molecular complexity index is 1230. The number of benzene rings is 1. The Hall–Kier alpha value is -3.40. The van der Waals surface area contributed by atoms with Gasteiger partial charge in [-0.2, -0.15) is 9.61 Å². The molecule has 0 bridgehead atoms. The summed E-state index contributed by atoms with van der Waals surface area (Å²) in [6.07, 6.45) is 3.14. The van der Waals surface area contributed by atoms with Gasteiger partial charge in [-0.05, 0) is 31.0 Å². The number of aromatic nitrogens is 7. The Morgan fingerprint density at radius 2 is 2.00 bits per heavy atom. The van der Waals surface area contributed by atoms with E-state index in [9.17, 15) is 4.39 Å². The maximum Gasteiger partial charge on any atom is 0.236 e. The minimum atomic E-state index is -0.388. The van der Waals surface area contributed by atoms with Crippen molar-refractivity contribution in [3.8, 4) is 17.3 Å². The van der Waals surface area contributed by atoms with Gasteiger partial charge in [0.05, 0.1) is 5.56 Å². The van der Waals surface area contributed by atoms with Crippen molar-refractivity contribution in [1.82, 2.24) is 34.6 Å². The van der Waals surface area contributed by atoms with Crippen LogP contribution in [0.5, 0.6) is 5.88 Å². The van der Waals surface area contributed by atoms with Crippen molar-refractivity contribution in [1.29, 1.82) is 0 Å². The molecule has 0 radical (unpaired) electrons. The predicted molar refractivity (Wildman–Crippen MR) is 109 cm³/mol. The molecule has 1 aliphatic heterocycles. The first-order valence-electron chi connectivity index (χ1n) is 10.1. The van der Waals surface area contributed by atoms with Crippen molar-refractivity contribution in [2.75, 3.05) is 13.2 Å². The fourth-order valence-corrected chi connectivity index (χ4v) is 3.84. The molecule has 0 aliphatic carbocycles. The molecule has 5 rings (SSSR count). The Balaban J connectivity index is 1.62. The quantitative estimate of drug-likeness (QED) is 0.487. The summed E-state index contributed by atoms with van der Waals surface area (Å²) in [5.41, 5.74) is 1.60. The number of nitrogens with zero attached hydrogens (tertiary/aromatic N) is 7. The molecule has 3 aromatic heterocycles. The Morgan fingerprint density at radius 1 is 1.19 bits per heavy atom. The smallest absolute Gasteiger partial charge is 0.236 e. The van der Waals surface area contributed by atoms with E-state index in [1.165, 1.54) is 16.9 Å². The van der Waals surface area contributed by atoms with E-state index in [2.05, 4.69) is 27.2 Å². The van der Waals surface area contributed by atoms with E-state index in [-0.39, 0.29) is 17.8 Å². The second-order valence-electron chi connectivity index (χ2n) is 7.90. The van der Waals surface area contributed by atoms with Gasteiger partial charge in [-0.3, -0.25) is 4.68 Å². The molecule has 0 saturated carbocycles. The maximum absolute atomic E-state index is 14.4. The SMILES string of the molecule is Cn1ncnc1COc1nn2c(-c3ccccc3F)nnc2cc1C1(C)CCOCC1. The lowest BCUT2D eigenvalue weighted by atomic mass is 9.76. The van der Waals surface area contributed by atoms with Crippen molar-refractivity contribution in [3.05, 3.63) is 53.9 Å². The number of rotatable bonds is 5. The van der Waals surface area contributed by atoms with E-state index in [1.54, 1.807) is 29.9 Å². The molecule has 0 atom stereocenters. The van der Waals surface area contributed by atoms with Crippen LogP contribution in [0.15, 0.2) is 36.7 Å². The van der Waals surface area contributed by atoms with Crippen molar-refractivity contribution >= 4 is 5.65 Å². The van der Waals surface area contributed by atoms with E-state index in [1.807, 2.05) is 6.07 Å². The van der Waals surface area contributed by atoms with Gasteiger partial charge in [0.2, 0.25) is 5.88 Å². The van der Waals surface area contributed by atoms with Gasteiger partial charge in [-0.15, -0.1) is 15.3 Å². The topological polar surface area (TPSA) is 92.2 Å². The number of halogens is 1. The number of hydrogen-bond donors (Lipinski definition) is 0. The molecule has 0 unspecified atom stereocenters. The summed E-state index contributed by atoms with van der Waals surface area (Å²) in [6.45, 7) is 3.70. The summed E-state index contributed by atoms with van der Waals surface area (Å²) >= 11 is 0. The van der Waals surface area contributed by atoms with Crippen LogP contribution in [0, 0.1) is 5.82 Å². The molecule has 4 heterocycles. The fraction of sp³-hybridized carbons (Fsp3) is 0.381. The largest absolute Gasteiger partial charge is 0.468 e. The molecule has 0 spiro atoms. The van der Waals surface area contributed by atoms with Crippen molar-refractivity contribution < 1.29 is 13.9 Å². The number of aryl methyl sites for hydroxylation is 1. The van der Waals surface area contributed by atoms with Gasteiger partial charge in [0.15, 0.2) is 17.3 Å². The van der Waals surface area contributed by atoms with Crippen LogP contribution in [0.1, 0.15) is 31.2 Å². The van der Waals surface area contributed by atoms with Gasteiger partial charge in [0, 0.05) is 31.2 Å². The van der Waals surface area contributed by atoms with Crippen LogP contribution in [-0.4, -0.2) is 47.8 Å². The van der Waals surface area contributed by atoms with E-state index < -0.39 is 0 Å². The number of hydrogen-bond acceptors (Lipinski definition) is 7. The molecule has 9 nitrogen and oxygen atoms in total. The van der Waals surface area contributed by atoms with Crippen LogP contribution in [0.4, 0.5) is 4.39 Å². The summed E-state index contributed by atoms with van der Waals surface area (Å²) in [6, 6.07) is 8.36. The third kappa shape index (κ3) is 3.52. The summed E-state index contributed by atoms with van der Waals surface area (Å²) in [5, 5.41) is 17.3. The second-order valence-corrected chi connectivity index (χ2v) is 7.90. The molecule has 10 heteroatoms. The average Bonchev–Trinajstić information content (AvgIpc) is 3.38. The molecule has 1 fully saturated rings. The van der Waals surface area contributed by atoms with E-state index in [4.69, 9.17) is 14.6 Å². The first kappa shape index (κ1) is 19.6. The molecule has 160 valence electrons. The van der Waals surface area contributed by atoms with Crippen LogP contribution in [0.25, 0.3) is 17.0 Å². The zero-order valence-corrected chi connectivity index (χ0v) is 17.3. The monoisotopic (exact) mass is 423 g/mol. The molecule has 0 N–H and O–H groups in total. The van der Waals surface area contributed by atoms with Crippen molar-refractivity contribution in [3.63, 3.8) is 0 Å². The van der Waals surface area contributed by atoms with Gasteiger partial charge in [-0.1, -0.05) is 19.1 Å². The average molecular weight is 423 g/mol. The summed E-state index contributed by atoms with van der Waals surface area (Å²) in [5.74, 6) is 1.04. The lowest BCUT2D eigenvalue weighted by molar-refractivity contribution is 0.0549. The highest BCUT2D eigenvalue weighted by Gasteiger charge is 2.34. The van der Waals surface area contributed by atoms with Gasteiger partial charge < -0.3 is 9.47 Å². The fourth-order valence-electron chi connectivity index (χ4n) is 3.84. The highest BCUT2D eigenvalue weighted by atomic mass is 19.1. The van der Waals surface area contributed by atoms with Crippen LogP contribution in [0.3, 0.4) is 0 Å². The third-order valence-electron chi connectivity index (χ3n) is 5.86. The summed E-state index contributed by atoms with van der Waals surface area (Å²) in [4.78, 5) is 4.22. The Morgan fingerprint density at radius 3 is 2.74 bits per heavy atom.